The highest BCUT2D eigenvalue weighted by Crippen LogP contribution is 2.18. The number of hydrogen-bond donors (Lipinski definition) is 5. The second kappa shape index (κ2) is 25.0. The molecule has 1 unspecified atom stereocenters. The topological polar surface area (TPSA) is 121 Å². The molecule has 2 amide bonds. The van der Waals surface area contributed by atoms with Crippen molar-refractivity contribution >= 4 is 45.6 Å². The number of aryl methyl sites for hydroxylation is 1. The summed E-state index contributed by atoms with van der Waals surface area (Å²) >= 11 is 0.932. The smallest absolute Gasteiger partial charge is 0.243 e. The van der Waals surface area contributed by atoms with Gasteiger partial charge >= 0.3 is 0 Å². The van der Waals surface area contributed by atoms with Crippen LogP contribution in [0.2, 0.25) is 0 Å². The Morgan fingerprint density at radius 3 is 2.27 bits per heavy atom. The molecule has 0 aliphatic carbocycles. The molecule has 2 aromatic carbocycles. The number of amides is 2. The number of hydrogen-bond acceptors (Lipinski definition) is 8. The van der Waals surface area contributed by atoms with Crippen LogP contribution in [-0.2, 0) is 38.2 Å². The van der Waals surface area contributed by atoms with Crippen molar-refractivity contribution in [2.24, 2.45) is 5.92 Å². The van der Waals surface area contributed by atoms with Crippen LogP contribution < -0.4 is 21.3 Å². The fourth-order valence-electron chi connectivity index (χ4n) is 5.64. The van der Waals surface area contributed by atoms with Gasteiger partial charge in [0.05, 0.1) is 24.0 Å². The highest BCUT2D eigenvalue weighted by molar-refractivity contribution is 7.94. The maximum Gasteiger partial charge on any atom is 0.243 e. The normalized spacial score (nSPS) is 15.2. The zero-order valence-electron chi connectivity index (χ0n) is 28.6. The van der Waals surface area contributed by atoms with E-state index in [4.69, 9.17) is 9.22 Å². The fourth-order valence-corrected chi connectivity index (χ4v) is 6.23. The lowest BCUT2D eigenvalue weighted by Gasteiger charge is -2.29. The van der Waals surface area contributed by atoms with Crippen molar-refractivity contribution < 1.29 is 32.7 Å². The van der Waals surface area contributed by atoms with Crippen molar-refractivity contribution in [1.29, 1.82) is 0 Å². The minimum absolute atomic E-state index is 0.0357. The van der Waals surface area contributed by atoms with E-state index in [0.717, 1.165) is 55.8 Å². The van der Waals surface area contributed by atoms with E-state index in [1.165, 1.54) is 17.7 Å². The molecule has 9 nitrogen and oxygen atoms in total. The summed E-state index contributed by atoms with van der Waals surface area (Å²) in [5.74, 6) is -2.46. The van der Waals surface area contributed by atoms with Crippen LogP contribution in [0.15, 0.2) is 42.5 Å². The third-order valence-corrected chi connectivity index (χ3v) is 8.92. The van der Waals surface area contributed by atoms with E-state index in [0.29, 0.717) is 32.5 Å². The molecule has 0 radical (unpaired) electrons. The van der Waals surface area contributed by atoms with E-state index < -0.39 is 35.7 Å². The van der Waals surface area contributed by atoms with Gasteiger partial charge < -0.3 is 26.4 Å². The molecule has 5 N–H and O–H groups in total. The van der Waals surface area contributed by atoms with Gasteiger partial charge in [0.25, 0.3) is 0 Å². The first kappa shape index (κ1) is 43.1. The van der Waals surface area contributed by atoms with Gasteiger partial charge in [-0.1, -0.05) is 57.9 Å². The van der Waals surface area contributed by atoms with Crippen LogP contribution in [0.25, 0.3) is 0 Å². The summed E-state index contributed by atoms with van der Waals surface area (Å²) in [5, 5.41) is 23.5. The lowest BCUT2D eigenvalue weighted by atomic mass is 9.97. The van der Waals surface area contributed by atoms with Gasteiger partial charge in [-0.2, -0.15) is 4.33 Å². The zero-order valence-corrected chi connectivity index (χ0v) is 30.9. The van der Waals surface area contributed by atoms with Gasteiger partial charge in [0.2, 0.25) is 11.8 Å². The third kappa shape index (κ3) is 16.7. The summed E-state index contributed by atoms with van der Waals surface area (Å²) in [5.41, 5.74) is 2.52. The number of aliphatic hydroxyl groups is 1. The first-order valence-electron chi connectivity index (χ1n) is 17.0. The molecule has 49 heavy (non-hydrogen) atoms. The van der Waals surface area contributed by atoms with Crippen LogP contribution in [0.1, 0.15) is 76.0 Å². The molecular weight excluding hydrogens is 697 g/mol. The van der Waals surface area contributed by atoms with Crippen molar-refractivity contribution in [1.82, 2.24) is 21.3 Å². The number of carbonyl (C=O) groups excluding carboxylic acids is 2. The Labute approximate surface area is 303 Å². The zero-order chi connectivity index (χ0) is 36.0. The van der Waals surface area contributed by atoms with Crippen molar-refractivity contribution in [3.05, 3.63) is 70.8 Å². The highest BCUT2D eigenvalue weighted by Gasteiger charge is 2.30. The fraction of sp³-hybridized carbons (Fsp3) is 0.600. The molecule has 14 heteroatoms. The molecule has 1 fully saturated rings. The number of nitrogens with one attached hydrogen (secondary N) is 4. The maximum atomic E-state index is 14.1. The number of rotatable bonds is 21. The second-order valence-corrected chi connectivity index (χ2v) is 12.9. The van der Waals surface area contributed by atoms with Gasteiger partial charge in [-0.25, -0.2) is 13.7 Å². The van der Waals surface area contributed by atoms with Crippen molar-refractivity contribution in [2.75, 3.05) is 25.4 Å². The van der Waals surface area contributed by atoms with Crippen LogP contribution >= 0.6 is 33.8 Å². The first-order valence-corrected chi connectivity index (χ1v) is 19.1. The molecule has 1 saturated heterocycles. The largest absolute Gasteiger partial charge is 0.390 e. The van der Waals surface area contributed by atoms with Crippen LogP contribution in [0.5, 0.6) is 0 Å². The molecule has 0 saturated carbocycles. The Morgan fingerprint density at radius 2 is 1.63 bits per heavy atom. The van der Waals surface area contributed by atoms with Gasteiger partial charge in [-0.3, -0.25) is 9.59 Å². The van der Waals surface area contributed by atoms with Gasteiger partial charge in [0.15, 0.2) is 0 Å². The molecule has 0 bridgehead atoms. The van der Waals surface area contributed by atoms with Gasteiger partial charge in [-0.15, -0.1) is 0 Å². The van der Waals surface area contributed by atoms with E-state index in [-0.39, 0.29) is 42.2 Å². The Kier molecular flexibility index (Phi) is 22.0. The number of piperidine rings is 1. The van der Waals surface area contributed by atoms with E-state index in [9.17, 15) is 23.5 Å². The summed E-state index contributed by atoms with van der Waals surface area (Å²) in [6.45, 7) is 8.23. The Morgan fingerprint density at radius 1 is 0.980 bits per heavy atom. The summed E-state index contributed by atoms with van der Waals surface area (Å²) in [6, 6.07) is 9.30. The molecule has 0 aromatic heterocycles. The van der Waals surface area contributed by atoms with E-state index in [1.54, 1.807) is 0 Å². The van der Waals surface area contributed by atoms with Crippen molar-refractivity contribution in [3.8, 4) is 0 Å². The summed E-state index contributed by atoms with van der Waals surface area (Å²) < 4.78 is 33.6. The average molecular weight is 750 g/mol. The molecule has 3 atom stereocenters. The standard InChI is InChI=1S/C35H52F2N4O5S.Cl2/c1-4-8-30(9-5-2)45-46-47-23-32(41-34(43)27-12-14-38-15-13-27)35(44)40-31(19-26-17-28(36)20-29(37)18-26)33(42)22-39-21-25-11-7-10-24(6-3)16-25;1-2/h7,10-11,16-18,20,27,30-33,38-39,42H,4-6,8-9,12-15,19,21-23H2,1-3H3,(H,40,44)(H,41,43);/t31-,32?,33+;/m0./s1. The molecule has 1 heterocycles. The SMILES string of the molecule is CCCC(CCC)OOSCC(NC(=O)C1CCNCC1)C(=O)N[C@@H](Cc1cc(F)cc(F)c1)[C@H](O)CNCc1cccc(CC)c1.ClCl. The van der Waals surface area contributed by atoms with E-state index in [2.05, 4.69) is 69.8 Å². The number of halogens is 4. The van der Waals surface area contributed by atoms with Crippen molar-refractivity contribution in [3.63, 3.8) is 0 Å². The van der Waals surface area contributed by atoms with Crippen molar-refractivity contribution in [2.45, 2.75) is 103 Å². The number of benzene rings is 2. The predicted molar refractivity (Wildman–Crippen MR) is 193 cm³/mol. The van der Waals surface area contributed by atoms with Crippen LogP contribution in [0.4, 0.5) is 8.78 Å². The lowest BCUT2D eigenvalue weighted by molar-refractivity contribution is -0.234. The number of aliphatic hydroxyl groups excluding tert-OH is 1. The van der Waals surface area contributed by atoms with Gasteiger partial charge in [-0.05, 0) is 80.4 Å². The summed E-state index contributed by atoms with van der Waals surface area (Å²) in [6.07, 6.45) is 4.54. The minimum Gasteiger partial charge on any atom is -0.390 e. The molecule has 1 aliphatic heterocycles. The van der Waals surface area contributed by atoms with Crippen LogP contribution in [-0.4, -0.2) is 66.6 Å². The Balaban J connectivity index is 0.00000409. The third-order valence-electron chi connectivity index (χ3n) is 8.27. The van der Waals surface area contributed by atoms with Crippen LogP contribution in [0.3, 0.4) is 0 Å². The van der Waals surface area contributed by atoms with Crippen LogP contribution in [0, 0.1) is 17.6 Å². The Bertz CT molecular complexity index is 1220. The van der Waals surface area contributed by atoms with Gasteiger partial charge in [0, 0.05) is 58.8 Å². The summed E-state index contributed by atoms with van der Waals surface area (Å²) in [7, 11) is 8.22. The summed E-state index contributed by atoms with van der Waals surface area (Å²) in [4.78, 5) is 32.5. The highest BCUT2D eigenvalue weighted by atomic mass is 36.5. The van der Waals surface area contributed by atoms with E-state index >= 15 is 0 Å². The molecular formula is C35H52Cl2F2N4O5S. The monoisotopic (exact) mass is 748 g/mol. The second-order valence-electron chi connectivity index (χ2n) is 12.2. The molecule has 1 aliphatic rings. The number of carbonyl (C=O) groups is 2. The molecule has 2 aromatic rings. The molecule has 276 valence electrons. The maximum absolute atomic E-state index is 14.1. The van der Waals surface area contributed by atoms with E-state index in [1.807, 2.05) is 18.2 Å². The first-order chi connectivity index (χ1) is 23.7. The minimum atomic E-state index is -1.11. The Hall–Kier alpha value is -2.03. The lowest BCUT2D eigenvalue weighted by Crippen LogP contribution is -2.56. The average Bonchev–Trinajstić information content (AvgIpc) is 3.10. The predicted octanol–water partition coefficient (Wildman–Crippen LogP) is 6.13. The van der Waals surface area contributed by atoms with Gasteiger partial charge in [0.1, 0.15) is 17.7 Å². The molecule has 3 rings (SSSR count). The quantitative estimate of drug-likeness (QED) is 0.0448. The molecule has 0 spiro atoms.